The van der Waals surface area contributed by atoms with Crippen molar-refractivity contribution in [2.45, 2.75) is 14.8 Å². The maximum atomic E-state index is 11.2. The Kier molecular flexibility index (Phi) is 2.50. The Balaban J connectivity index is 2.82. The Hall–Kier alpha value is 0.559. The minimum absolute atomic E-state index is 0.350. The second kappa shape index (κ2) is 2.89. The molecule has 0 aromatic carbocycles. The van der Waals surface area contributed by atoms with Crippen LogP contribution in [0.3, 0.4) is 0 Å². The summed E-state index contributed by atoms with van der Waals surface area (Å²) in [6.45, 7) is 0. The van der Waals surface area contributed by atoms with Gasteiger partial charge in [0, 0.05) is 0 Å². The number of rotatable bonds is 1. The third-order valence-electron chi connectivity index (χ3n) is 1.53. The fourth-order valence-corrected chi connectivity index (χ4v) is 8.50. The molecule has 0 unspecified atom stereocenters. The van der Waals surface area contributed by atoms with Crippen LogP contribution in [-0.2, 0) is 4.79 Å². The third kappa shape index (κ3) is 1.78. The van der Waals surface area contributed by atoms with Crippen LogP contribution in [0, 0.1) is 0 Å². The van der Waals surface area contributed by atoms with E-state index < -0.39 is 18.4 Å². The van der Waals surface area contributed by atoms with Gasteiger partial charge in [-0.3, -0.25) is 0 Å². The maximum absolute atomic E-state index is 11.2. The fraction of sp³-hybridized carbons (Fsp3) is 0.571. The van der Waals surface area contributed by atoms with Crippen molar-refractivity contribution >= 4 is 35.3 Å². The number of carbonyl (C=O) groups excluding carboxylic acids is 1. The van der Waals surface area contributed by atoms with Crippen molar-refractivity contribution in [3.05, 3.63) is 9.67 Å². The Bertz CT molecular complexity index is 190. The zero-order valence-corrected chi connectivity index (χ0v) is 10.3. The number of hydrogen-bond donors (Lipinski definition) is 0. The van der Waals surface area contributed by atoms with Gasteiger partial charge in [-0.15, -0.1) is 0 Å². The molecule has 3 heteroatoms. The zero-order chi connectivity index (χ0) is 7.78. The van der Waals surface area contributed by atoms with E-state index in [2.05, 4.69) is 20.9 Å². The summed E-state index contributed by atoms with van der Waals surface area (Å²) in [4.78, 5) is 18.0. The molecule has 0 N–H and O–H groups in total. The van der Waals surface area contributed by atoms with E-state index in [-0.39, 0.29) is 0 Å². The van der Waals surface area contributed by atoms with E-state index in [9.17, 15) is 4.79 Å². The Morgan fingerprint density at radius 2 is 2.10 bits per heavy atom. The zero-order valence-electron chi connectivity index (χ0n) is 6.60. The number of carbonyl (C=O) groups is 1. The van der Waals surface area contributed by atoms with Crippen molar-refractivity contribution in [3.63, 3.8) is 0 Å². The third-order valence-corrected chi connectivity index (χ3v) is 8.71. The second-order valence-electron chi connectivity index (χ2n) is 3.47. The standard InChI is InChI=1S/C4H3OS.3CH3.Sn/c5-4-2-1-3-6-4;;;;/h1H,3H2;3*1H3;. The first-order valence-electron chi connectivity index (χ1n) is 3.39. The van der Waals surface area contributed by atoms with Crippen LogP contribution in [0.4, 0.5) is 0 Å². The monoisotopic (exact) mass is 264 g/mol. The van der Waals surface area contributed by atoms with Crippen molar-refractivity contribution < 1.29 is 4.79 Å². The van der Waals surface area contributed by atoms with Crippen LogP contribution >= 0.6 is 11.8 Å². The van der Waals surface area contributed by atoms with E-state index in [1.54, 1.807) is 0 Å². The first kappa shape index (κ1) is 8.65. The first-order valence-corrected chi connectivity index (χ1v) is 14.4. The van der Waals surface area contributed by atoms with Gasteiger partial charge in [0.2, 0.25) is 0 Å². The summed E-state index contributed by atoms with van der Waals surface area (Å²) in [6.07, 6.45) is 2.13. The van der Waals surface area contributed by atoms with Crippen molar-refractivity contribution in [1.82, 2.24) is 0 Å². The Labute approximate surface area is 70.1 Å². The molecule has 0 aromatic heterocycles. The van der Waals surface area contributed by atoms with Gasteiger partial charge in [-0.2, -0.15) is 0 Å². The summed E-state index contributed by atoms with van der Waals surface area (Å²) in [5.41, 5.74) is 0. The molecule has 0 aromatic rings. The molecule has 1 heterocycles. The molecule has 1 aliphatic rings. The van der Waals surface area contributed by atoms with E-state index in [1.165, 1.54) is 15.4 Å². The van der Waals surface area contributed by atoms with Crippen LogP contribution in [0.25, 0.3) is 0 Å². The molecule has 0 saturated carbocycles. The summed E-state index contributed by atoms with van der Waals surface area (Å²) in [5.74, 6) is 0.919. The molecule has 0 bridgehead atoms. The van der Waals surface area contributed by atoms with Crippen LogP contribution in [0.1, 0.15) is 0 Å². The van der Waals surface area contributed by atoms with Gasteiger partial charge < -0.3 is 0 Å². The molecule has 0 atom stereocenters. The van der Waals surface area contributed by atoms with Crippen molar-refractivity contribution in [3.8, 4) is 0 Å². The van der Waals surface area contributed by atoms with E-state index in [1.807, 2.05) is 0 Å². The summed E-state index contributed by atoms with van der Waals surface area (Å²) >= 11 is -0.529. The fourth-order valence-electron chi connectivity index (χ4n) is 0.974. The van der Waals surface area contributed by atoms with Gasteiger partial charge in [0.25, 0.3) is 0 Å². The molecular weight excluding hydrogens is 251 g/mol. The second-order valence-corrected chi connectivity index (χ2v) is 18.8. The predicted octanol–water partition coefficient (Wildman–Crippen LogP) is 2.06. The Morgan fingerprint density at radius 3 is 2.30 bits per heavy atom. The van der Waals surface area contributed by atoms with E-state index in [0.717, 1.165) is 5.75 Å². The molecule has 0 radical (unpaired) electrons. The Morgan fingerprint density at radius 1 is 1.50 bits per heavy atom. The number of hydrogen-bond acceptors (Lipinski definition) is 2. The topological polar surface area (TPSA) is 17.1 Å². The summed E-state index contributed by atoms with van der Waals surface area (Å²) in [6, 6.07) is 0. The van der Waals surface area contributed by atoms with Crippen LogP contribution in [0.15, 0.2) is 9.67 Å². The molecule has 0 fully saturated rings. The first-order chi connectivity index (χ1) is 4.52. The van der Waals surface area contributed by atoms with Gasteiger partial charge in [-0.1, -0.05) is 0 Å². The van der Waals surface area contributed by atoms with Crippen molar-refractivity contribution in [2.24, 2.45) is 0 Å². The average Bonchev–Trinajstić information content (AvgIpc) is 2.11. The van der Waals surface area contributed by atoms with E-state index >= 15 is 0 Å². The number of thioether (sulfide) groups is 1. The summed E-state index contributed by atoms with van der Waals surface area (Å²) in [7, 11) is 0. The molecule has 0 amide bonds. The molecular formula is C7H12OSSn. The quantitative estimate of drug-likeness (QED) is 0.673. The molecule has 0 spiro atoms. The van der Waals surface area contributed by atoms with Crippen LogP contribution in [-0.4, -0.2) is 29.2 Å². The molecule has 1 aliphatic heterocycles. The molecule has 0 aliphatic carbocycles. The van der Waals surface area contributed by atoms with Crippen LogP contribution in [0.5, 0.6) is 0 Å². The molecule has 1 nitrogen and oxygen atoms in total. The molecule has 1 rings (SSSR count). The molecule has 56 valence electrons. The van der Waals surface area contributed by atoms with Crippen molar-refractivity contribution in [1.29, 1.82) is 0 Å². The summed E-state index contributed by atoms with van der Waals surface area (Å²) in [5, 5.41) is 0.350. The minimum atomic E-state index is -1.98. The van der Waals surface area contributed by atoms with Gasteiger partial charge in [-0.25, -0.2) is 0 Å². The van der Waals surface area contributed by atoms with Gasteiger partial charge in [0.1, 0.15) is 0 Å². The van der Waals surface area contributed by atoms with Gasteiger partial charge in [0.15, 0.2) is 0 Å². The predicted molar refractivity (Wildman–Crippen MR) is 48.9 cm³/mol. The summed E-state index contributed by atoms with van der Waals surface area (Å²) < 4.78 is 1.19. The van der Waals surface area contributed by atoms with E-state index in [4.69, 9.17) is 0 Å². The van der Waals surface area contributed by atoms with E-state index in [0.29, 0.717) is 5.12 Å². The molecule has 10 heavy (non-hydrogen) atoms. The average molecular weight is 263 g/mol. The van der Waals surface area contributed by atoms with Gasteiger partial charge >= 0.3 is 70.3 Å². The SMILES string of the molecule is [CH3][Sn]([CH3])([CH3])[C]1=CCSC1=O. The van der Waals surface area contributed by atoms with Gasteiger partial charge in [0.05, 0.1) is 0 Å². The van der Waals surface area contributed by atoms with Gasteiger partial charge in [-0.05, 0) is 0 Å². The molecule has 0 saturated heterocycles. The van der Waals surface area contributed by atoms with Crippen LogP contribution < -0.4 is 0 Å². The van der Waals surface area contributed by atoms with Crippen molar-refractivity contribution in [2.75, 3.05) is 5.75 Å². The normalized spacial score (nSPS) is 19.5. The van der Waals surface area contributed by atoms with Crippen LogP contribution in [0.2, 0.25) is 14.8 Å².